The summed E-state index contributed by atoms with van der Waals surface area (Å²) in [6, 6.07) is 13.1. The number of nitrogens with zero attached hydrogens (tertiary/aromatic N) is 1. The first kappa shape index (κ1) is 19.0. The topological polar surface area (TPSA) is 76.1 Å². The predicted octanol–water partition coefficient (Wildman–Crippen LogP) is 4.48. The van der Waals surface area contributed by atoms with Crippen LogP contribution in [0.3, 0.4) is 0 Å². The molecule has 0 heterocycles. The Hall–Kier alpha value is -2.29. The van der Waals surface area contributed by atoms with Crippen LogP contribution < -0.4 is 10.5 Å². The molecule has 0 unspecified atom stereocenters. The molecule has 0 saturated heterocycles. The number of nitrogens with two attached hydrogens (primary N) is 1. The first-order chi connectivity index (χ1) is 12.0. The van der Waals surface area contributed by atoms with Gasteiger partial charge < -0.3 is 10.5 Å². The quantitative estimate of drug-likeness (QED) is 0.554. The van der Waals surface area contributed by atoms with Gasteiger partial charge in [-0.2, -0.15) is 5.26 Å². The number of hydrogen-bond donors (Lipinski definition) is 1. The van der Waals surface area contributed by atoms with Crippen molar-refractivity contribution in [2.75, 3.05) is 6.61 Å². The van der Waals surface area contributed by atoms with Crippen molar-refractivity contribution in [1.82, 2.24) is 0 Å². The molecular weight excluding hydrogens is 404 g/mol. The summed E-state index contributed by atoms with van der Waals surface area (Å²) in [6.45, 7) is 2.34. The molecule has 2 aromatic carbocycles. The van der Waals surface area contributed by atoms with Gasteiger partial charge in [-0.3, -0.25) is 4.79 Å². The zero-order valence-corrected chi connectivity index (χ0v) is 15.9. The van der Waals surface area contributed by atoms with Crippen molar-refractivity contribution in [2.45, 2.75) is 13.3 Å². The molecule has 0 aliphatic carbocycles. The lowest BCUT2D eigenvalue weighted by molar-refractivity contribution is -0.114. The zero-order valence-electron chi connectivity index (χ0n) is 13.6. The lowest BCUT2D eigenvalue weighted by Crippen LogP contribution is -2.12. The van der Waals surface area contributed by atoms with Crippen LogP contribution in [-0.2, 0) is 11.2 Å². The third-order valence-electron chi connectivity index (χ3n) is 3.50. The Morgan fingerprint density at radius 2 is 2.12 bits per heavy atom. The fraction of sp³-hybridized carbons (Fsp3) is 0.158. The van der Waals surface area contributed by atoms with Crippen molar-refractivity contribution in [3.63, 3.8) is 0 Å². The maximum atomic E-state index is 11.2. The van der Waals surface area contributed by atoms with E-state index in [0.29, 0.717) is 29.4 Å². The largest absolute Gasteiger partial charge is 0.494 e. The van der Waals surface area contributed by atoms with Crippen LogP contribution in [0, 0.1) is 11.3 Å². The highest BCUT2D eigenvalue weighted by Crippen LogP contribution is 2.33. The Morgan fingerprint density at radius 3 is 2.72 bits per heavy atom. The third-order valence-corrected chi connectivity index (χ3v) is 4.61. The Labute approximate surface area is 160 Å². The highest BCUT2D eigenvalue weighted by Gasteiger charge is 2.14. The van der Waals surface area contributed by atoms with Crippen molar-refractivity contribution < 1.29 is 9.53 Å². The van der Waals surface area contributed by atoms with Gasteiger partial charge in [0.15, 0.2) is 0 Å². The maximum absolute atomic E-state index is 11.2. The molecule has 0 spiro atoms. The molecule has 0 aromatic heterocycles. The van der Waals surface area contributed by atoms with Crippen LogP contribution in [0.2, 0.25) is 5.02 Å². The molecule has 6 heteroatoms. The maximum Gasteiger partial charge on any atom is 0.259 e. The number of hydrogen-bond acceptors (Lipinski definition) is 3. The van der Waals surface area contributed by atoms with Crippen LogP contribution in [-0.4, -0.2) is 12.5 Å². The average Bonchev–Trinajstić information content (AvgIpc) is 2.57. The van der Waals surface area contributed by atoms with Crippen LogP contribution in [0.15, 0.2) is 46.4 Å². The molecule has 2 aromatic rings. The highest BCUT2D eigenvalue weighted by molar-refractivity contribution is 9.10. The van der Waals surface area contributed by atoms with E-state index in [4.69, 9.17) is 27.3 Å². The average molecular weight is 420 g/mol. The Balaban J connectivity index is 2.50. The molecule has 2 N–H and O–H groups in total. The molecule has 0 atom stereocenters. The van der Waals surface area contributed by atoms with Gasteiger partial charge in [0, 0.05) is 21.5 Å². The normalized spacial score (nSPS) is 11.0. The molecule has 25 heavy (non-hydrogen) atoms. The van der Waals surface area contributed by atoms with Gasteiger partial charge in [0.2, 0.25) is 0 Å². The van der Waals surface area contributed by atoms with Crippen LogP contribution in [0.1, 0.15) is 23.6 Å². The summed E-state index contributed by atoms with van der Waals surface area (Å²) in [6.07, 6.45) is 1.99. The fourth-order valence-electron chi connectivity index (χ4n) is 2.33. The van der Waals surface area contributed by atoms with Crippen molar-refractivity contribution in [1.29, 1.82) is 5.26 Å². The van der Waals surface area contributed by atoms with Crippen molar-refractivity contribution >= 4 is 39.5 Å². The molecule has 0 aliphatic heterocycles. The van der Waals surface area contributed by atoms with Crippen molar-refractivity contribution in [3.05, 3.63) is 68.2 Å². The van der Waals surface area contributed by atoms with Crippen LogP contribution in [0.4, 0.5) is 0 Å². The van der Waals surface area contributed by atoms with Crippen molar-refractivity contribution in [2.24, 2.45) is 5.73 Å². The van der Waals surface area contributed by atoms with E-state index >= 15 is 0 Å². The number of nitriles is 1. The first-order valence-electron chi connectivity index (χ1n) is 7.56. The summed E-state index contributed by atoms with van der Waals surface area (Å²) in [4.78, 5) is 11.2. The molecule has 1 amide bonds. The highest BCUT2D eigenvalue weighted by atomic mass is 79.9. The van der Waals surface area contributed by atoms with Gasteiger partial charge in [0.05, 0.1) is 6.61 Å². The zero-order chi connectivity index (χ0) is 18.4. The number of carbonyl (C=O) groups is 1. The summed E-state index contributed by atoms with van der Waals surface area (Å²) >= 11 is 9.99. The van der Waals surface area contributed by atoms with Crippen LogP contribution in [0.25, 0.3) is 6.08 Å². The van der Waals surface area contributed by atoms with Gasteiger partial charge >= 0.3 is 0 Å². The number of rotatable bonds is 6. The lowest BCUT2D eigenvalue weighted by Gasteiger charge is -2.14. The van der Waals surface area contributed by atoms with E-state index in [-0.39, 0.29) is 5.57 Å². The standard InChI is InChI=1S/C19H16BrClN2O2/c1-2-25-18-9-12(7-14(11-22)19(23)24)8-17(21)15(18)10-13-5-3-4-6-16(13)20/h3-9H,2,10H2,1H3,(H2,23,24)/b14-7+. The lowest BCUT2D eigenvalue weighted by atomic mass is 10.0. The molecular formula is C19H16BrClN2O2. The van der Waals surface area contributed by atoms with E-state index in [2.05, 4.69) is 15.9 Å². The van der Waals surface area contributed by atoms with E-state index < -0.39 is 5.91 Å². The smallest absolute Gasteiger partial charge is 0.259 e. The van der Waals surface area contributed by atoms with Crippen LogP contribution >= 0.6 is 27.5 Å². The number of halogens is 2. The number of carbonyl (C=O) groups excluding carboxylic acids is 1. The van der Waals surface area contributed by atoms with Gasteiger partial charge in [-0.05, 0) is 42.3 Å². The van der Waals surface area contributed by atoms with Gasteiger partial charge in [0.1, 0.15) is 17.4 Å². The van der Waals surface area contributed by atoms with E-state index in [1.807, 2.05) is 31.2 Å². The van der Waals surface area contributed by atoms with Crippen molar-refractivity contribution in [3.8, 4) is 11.8 Å². The second-order valence-corrected chi connectivity index (χ2v) is 6.48. The third kappa shape index (κ3) is 4.85. The Kier molecular flexibility index (Phi) is 6.63. The minimum Gasteiger partial charge on any atom is -0.494 e. The van der Waals surface area contributed by atoms with Gasteiger partial charge in [-0.15, -0.1) is 0 Å². The summed E-state index contributed by atoms with van der Waals surface area (Å²) in [5.41, 5.74) is 7.53. The Bertz CT molecular complexity index is 872. The SMILES string of the molecule is CCOc1cc(/C=C(\C#N)C(N)=O)cc(Cl)c1Cc1ccccc1Br. The van der Waals surface area contributed by atoms with Gasteiger partial charge in [-0.25, -0.2) is 0 Å². The number of benzene rings is 2. The minimum atomic E-state index is -0.783. The molecule has 128 valence electrons. The van der Waals surface area contributed by atoms with E-state index in [9.17, 15) is 4.79 Å². The van der Waals surface area contributed by atoms with E-state index in [1.165, 1.54) is 6.08 Å². The molecule has 0 saturated carbocycles. The summed E-state index contributed by atoms with van der Waals surface area (Å²) < 4.78 is 6.70. The van der Waals surface area contributed by atoms with E-state index in [1.54, 1.807) is 18.2 Å². The monoisotopic (exact) mass is 418 g/mol. The van der Waals surface area contributed by atoms with Gasteiger partial charge in [-0.1, -0.05) is 45.7 Å². The molecule has 0 radical (unpaired) electrons. The summed E-state index contributed by atoms with van der Waals surface area (Å²) in [5.74, 6) is -0.173. The first-order valence-corrected chi connectivity index (χ1v) is 8.73. The molecule has 2 rings (SSSR count). The predicted molar refractivity (Wildman–Crippen MR) is 102 cm³/mol. The van der Waals surface area contributed by atoms with E-state index in [0.717, 1.165) is 15.6 Å². The second kappa shape index (κ2) is 8.70. The molecule has 0 fully saturated rings. The number of amides is 1. The van der Waals surface area contributed by atoms with Crippen LogP contribution in [0.5, 0.6) is 5.75 Å². The second-order valence-electron chi connectivity index (χ2n) is 5.21. The Morgan fingerprint density at radius 1 is 1.40 bits per heavy atom. The summed E-state index contributed by atoms with van der Waals surface area (Å²) in [5, 5.41) is 9.49. The number of primary amides is 1. The number of ether oxygens (including phenoxy) is 1. The van der Waals surface area contributed by atoms with Gasteiger partial charge in [0.25, 0.3) is 5.91 Å². The molecule has 0 aliphatic rings. The molecule has 0 bridgehead atoms. The fourth-order valence-corrected chi connectivity index (χ4v) is 3.04. The minimum absolute atomic E-state index is 0.142. The summed E-state index contributed by atoms with van der Waals surface area (Å²) in [7, 11) is 0. The molecule has 4 nitrogen and oxygen atoms in total.